The molecule has 1 aliphatic carbocycles. The first-order chi connectivity index (χ1) is 9.85. The third-order valence-corrected chi connectivity index (χ3v) is 5.86. The van der Waals surface area contributed by atoms with E-state index < -0.39 is 10.0 Å². The van der Waals surface area contributed by atoms with Gasteiger partial charge in [-0.2, -0.15) is 0 Å². The minimum atomic E-state index is -3.44. The van der Waals surface area contributed by atoms with Crippen molar-refractivity contribution in [2.45, 2.75) is 58.0 Å². The number of hydrogen-bond acceptors (Lipinski definition) is 3. The van der Waals surface area contributed by atoms with Crippen molar-refractivity contribution in [1.82, 2.24) is 10.0 Å². The van der Waals surface area contributed by atoms with Gasteiger partial charge >= 0.3 is 0 Å². The first kappa shape index (κ1) is 16.5. The fourth-order valence-corrected chi connectivity index (χ4v) is 4.20. The molecular formula is C16H26N2O2S. The molecule has 1 saturated carbocycles. The van der Waals surface area contributed by atoms with Gasteiger partial charge in [-0.15, -0.1) is 0 Å². The average Bonchev–Trinajstić information content (AvgIpc) is 3.21. The second kappa shape index (κ2) is 6.46. The lowest BCUT2D eigenvalue weighted by Gasteiger charge is -2.17. The summed E-state index contributed by atoms with van der Waals surface area (Å²) in [6.07, 6.45) is 2.25. The van der Waals surface area contributed by atoms with Crippen molar-refractivity contribution in [3.63, 3.8) is 0 Å². The summed E-state index contributed by atoms with van der Waals surface area (Å²) in [4.78, 5) is 0.411. The van der Waals surface area contributed by atoms with Crippen LogP contribution < -0.4 is 10.0 Å². The molecule has 21 heavy (non-hydrogen) atoms. The molecule has 1 aliphatic rings. The predicted molar refractivity (Wildman–Crippen MR) is 85.8 cm³/mol. The minimum Gasteiger partial charge on any atom is -0.313 e. The number of nitrogens with one attached hydrogen (secondary N) is 2. The lowest BCUT2D eigenvalue weighted by Crippen LogP contribution is -2.34. The smallest absolute Gasteiger partial charge is 0.241 e. The van der Waals surface area contributed by atoms with E-state index in [4.69, 9.17) is 0 Å². The van der Waals surface area contributed by atoms with Crippen LogP contribution in [-0.4, -0.2) is 21.0 Å². The molecule has 1 aromatic rings. The first-order valence-corrected chi connectivity index (χ1v) is 9.16. The maximum absolute atomic E-state index is 12.6. The molecule has 0 aromatic heterocycles. The molecule has 0 amide bonds. The van der Waals surface area contributed by atoms with Crippen molar-refractivity contribution >= 4 is 10.0 Å². The largest absolute Gasteiger partial charge is 0.313 e. The molecule has 1 atom stereocenters. The third-order valence-electron chi connectivity index (χ3n) is 4.16. The van der Waals surface area contributed by atoms with Gasteiger partial charge in [0.15, 0.2) is 0 Å². The van der Waals surface area contributed by atoms with E-state index in [0.717, 1.165) is 36.1 Å². The van der Waals surface area contributed by atoms with Crippen molar-refractivity contribution in [3.05, 3.63) is 28.8 Å². The van der Waals surface area contributed by atoms with Crippen LogP contribution in [-0.2, 0) is 16.6 Å². The van der Waals surface area contributed by atoms with Gasteiger partial charge in [-0.3, -0.25) is 0 Å². The Hall–Kier alpha value is -0.910. The van der Waals surface area contributed by atoms with Crippen molar-refractivity contribution in [1.29, 1.82) is 0 Å². The normalized spacial score (nSPS) is 17.0. The summed E-state index contributed by atoms with van der Waals surface area (Å²) in [6, 6.07) is 3.80. The van der Waals surface area contributed by atoms with E-state index in [2.05, 4.69) is 10.0 Å². The van der Waals surface area contributed by atoms with Gasteiger partial charge in [0.1, 0.15) is 0 Å². The minimum absolute atomic E-state index is 0.0212. The van der Waals surface area contributed by atoms with E-state index in [0.29, 0.717) is 17.4 Å². The third kappa shape index (κ3) is 4.05. The fraction of sp³-hybridized carbons (Fsp3) is 0.625. The van der Waals surface area contributed by atoms with Gasteiger partial charge < -0.3 is 5.32 Å². The molecule has 1 unspecified atom stereocenters. The Bertz CT molecular complexity index is 607. The summed E-state index contributed by atoms with van der Waals surface area (Å²) < 4.78 is 28.0. The fourth-order valence-electron chi connectivity index (χ4n) is 2.61. The number of rotatable bonds is 7. The van der Waals surface area contributed by atoms with Gasteiger partial charge in [0.25, 0.3) is 0 Å². The number of hydrogen-bond donors (Lipinski definition) is 2. The molecule has 5 heteroatoms. The SMILES string of the molecule is CCNCc1cc(S(=O)(=O)NC(C)C2CC2)c(C)cc1C. The Labute approximate surface area is 128 Å². The molecule has 0 spiro atoms. The molecular weight excluding hydrogens is 284 g/mol. The van der Waals surface area contributed by atoms with Crippen molar-refractivity contribution < 1.29 is 8.42 Å². The van der Waals surface area contributed by atoms with Crippen LogP contribution in [0, 0.1) is 19.8 Å². The van der Waals surface area contributed by atoms with Crippen LogP contribution in [0.15, 0.2) is 17.0 Å². The molecule has 0 heterocycles. The summed E-state index contributed by atoms with van der Waals surface area (Å²) in [5.74, 6) is 0.506. The molecule has 0 radical (unpaired) electrons. The molecule has 0 bridgehead atoms. The zero-order valence-electron chi connectivity index (χ0n) is 13.4. The monoisotopic (exact) mass is 310 g/mol. The van der Waals surface area contributed by atoms with Crippen LogP contribution in [0.1, 0.15) is 43.4 Å². The van der Waals surface area contributed by atoms with Crippen molar-refractivity contribution in [2.75, 3.05) is 6.54 Å². The van der Waals surface area contributed by atoms with Crippen LogP contribution in [0.5, 0.6) is 0 Å². The topological polar surface area (TPSA) is 58.2 Å². The van der Waals surface area contributed by atoms with E-state index in [1.165, 1.54) is 0 Å². The van der Waals surface area contributed by atoms with Crippen LogP contribution in [0.2, 0.25) is 0 Å². The number of benzene rings is 1. The van der Waals surface area contributed by atoms with Gasteiger partial charge in [0, 0.05) is 12.6 Å². The number of aryl methyl sites for hydroxylation is 2. The quantitative estimate of drug-likeness (QED) is 0.813. The van der Waals surface area contributed by atoms with Crippen molar-refractivity contribution in [3.8, 4) is 0 Å². The second-order valence-electron chi connectivity index (χ2n) is 6.07. The molecule has 0 aliphatic heterocycles. The molecule has 4 nitrogen and oxygen atoms in total. The van der Waals surface area contributed by atoms with Crippen LogP contribution in [0.3, 0.4) is 0 Å². The standard InChI is InChI=1S/C16H26N2O2S/c1-5-17-10-15-9-16(12(3)8-11(15)2)21(19,20)18-13(4)14-6-7-14/h8-9,13-14,17-18H,5-7,10H2,1-4H3. The molecule has 0 saturated heterocycles. The van der Waals surface area contributed by atoms with E-state index in [-0.39, 0.29) is 6.04 Å². The van der Waals surface area contributed by atoms with Gasteiger partial charge in [0.05, 0.1) is 4.90 Å². The molecule has 1 fully saturated rings. The van der Waals surface area contributed by atoms with E-state index in [1.54, 1.807) is 0 Å². The molecule has 1 aromatic carbocycles. The Morgan fingerprint density at radius 2 is 1.90 bits per heavy atom. The lowest BCUT2D eigenvalue weighted by molar-refractivity contribution is 0.537. The summed E-state index contributed by atoms with van der Waals surface area (Å²) in [7, 11) is -3.44. The zero-order chi connectivity index (χ0) is 15.6. The summed E-state index contributed by atoms with van der Waals surface area (Å²) >= 11 is 0. The van der Waals surface area contributed by atoms with Crippen molar-refractivity contribution in [2.24, 2.45) is 5.92 Å². The Morgan fingerprint density at radius 3 is 2.48 bits per heavy atom. The highest BCUT2D eigenvalue weighted by atomic mass is 32.2. The number of sulfonamides is 1. The highest BCUT2D eigenvalue weighted by Crippen LogP contribution is 2.33. The maximum atomic E-state index is 12.6. The highest BCUT2D eigenvalue weighted by Gasteiger charge is 2.31. The average molecular weight is 310 g/mol. The zero-order valence-corrected chi connectivity index (χ0v) is 14.2. The maximum Gasteiger partial charge on any atom is 0.241 e. The van der Waals surface area contributed by atoms with E-state index in [1.807, 2.05) is 39.8 Å². The lowest BCUT2D eigenvalue weighted by atomic mass is 10.1. The molecule has 2 rings (SSSR count). The van der Waals surface area contributed by atoms with Crippen LogP contribution in [0.4, 0.5) is 0 Å². The molecule has 118 valence electrons. The predicted octanol–water partition coefficient (Wildman–Crippen LogP) is 2.49. The van der Waals surface area contributed by atoms with Gasteiger partial charge in [-0.25, -0.2) is 13.1 Å². The Balaban J connectivity index is 2.28. The first-order valence-electron chi connectivity index (χ1n) is 7.68. The Morgan fingerprint density at radius 1 is 1.24 bits per heavy atom. The molecule has 2 N–H and O–H groups in total. The van der Waals surface area contributed by atoms with E-state index in [9.17, 15) is 8.42 Å². The highest BCUT2D eigenvalue weighted by molar-refractivity contribution is 7.89. The summed E-state index contributed by atoms with van der Waals surface area (Å²) in [5.41, 5.74) is 2.98. The summed E-state index contributed by atoms with van der Waals surface area (Å²) in [6.45, 7) is 9.45. The Kier molecular flexibility index (Phi) is 5.07. The van der Waals surface area contributed by atoms with Gasteiger partial charge in [0.2, 0.25) is 10.0 Å². The van der Waals surface area contributed by atoms with Gasteiger partial charge in [-0.05, 0) is 68.8 Å². The van der Waals surface area contributed by atoms with E-state index >= 15 is 0 Å². The van der Waals surface area contributed by atoms with Crippen LogP contribution >= 0.6 is 0 Å². The summed E-state index contributed by atoms with van der Waals surface area (Å²) in [5, 5.41) is 3.26. The van der Waals surface area contributed by atoms with Crippen LogP contribution in [0.25, 0.3) is 0 Å². The second-order valence-corrected chi connectivity index (χ2v) is 7.75. The van der Waals surface area contributed by atoms with Gasteiger partial charge in [-0.1, -0.05) is 13.0 Å².